The molecule has 0 radical (unpaired) electrons. The Morgan fingerprint density at radius 2 is 1.73 bits per heavy atom. The van der Waals surface area contributed by atoms with E-state index in [-0.39, 0.29) is 29.7 Å². The van der Waals surface area contributed by atoms with Crippen molar-refractivity contribution in [3.63, 3.8) is 0 Å². The molecule has 0 saturated heterocycles. The second-order valence-electron chi connectivity index (χ2n) is 8.79. The lowest BCUT2D eigenvalue weighted by Gasteiger charge is -2.13. The van der Waals surface area contributed by atoms with Gasteiger partial charge in [0.25, 0.3) is 5.56 Å². The van der Waals surface area contributed by atoms with Crippen molar-refractivity contribution in [1.29, 1.82) is 0 Å². The van der Waals surface area contributed by atoms with E-state index in [1.807, 2.05) is 80.0 Å². The zero-order valence-corrected chi connectivity index (χ0v) is 21.5. The lowest BCUT2D eigenvalue weighted by molar-refractivity contribution is -0.116. The molecule has 2 aromatic heterocycles. The monoisotopic (exact) mass is 514 g/mol. The van der Waals surface area contributed by atoms with Gasteiger partial charge in [-0.1, -0.05) is 65.4 Å². The Labute approximate surface area is 220 Å². The van der Waals surface area contributed by atoms with Gasteiger partial charge in [0.15, 0.2) is 0 Å². The molecular formula is C29H27ClN4O3. The molecule has 0 aliphatic heterocycles. The predicted molar refractivity (Wildman–Crippen MR) is 146 cm³/mol. The van der Waals surface area contributed by atoms with Crippen LogP contribution in [0.25, 0.3) is 0 Å². The molecule has 4 aromatic rings. The van der Waals surface area contributed by atoms with Gasteiger partial charge in [0, 0.05) is 38.0 Å². The van der Waals surface area contributed by atoms with Crippen molar-refractivity contribution in [3.05, 3.63) is 121 Å². The summed E-state index contributed by atoms with van der Waals surface area (Å²) in [5, 5.41) is 2.44. The number of anilines is 1. The fourth-order valence-electron chi connectivity index (χ4n) is 3.85. The highest BCUT2D eigenvalue weighted by atomic mass is 35.5. The first-order chi connectivity index (χ1) is 17.8. The molecule has 0 aliphatic carbocycles. The lowest BCUT2D eigenvalue weighted by atomic mass is 10.1. The average molecular weight is 515 g/mol. The maximum atomic E-state index is 12.7. The van der Waals surface area contributed by atoms with Gasteiger partial charge in [-0.15, -0.1) is 0 Å². The quantitative estimate of drug-likeness (QED) is 0.299. The van der Waals surface area contributed by atoms with Crippen molar-refractivity contribution in [2.24, 2.45) is 7.05 Å². The molecule has 1 amide bonds. The molecule has 0 spiro atoms. The second kappa shape index (κ2) is 11.6. The van der Waals surface area contributed by atoms with Crippen molar-refractivity contribution in [1.82, 2.24) is 13.7 Å². The third-order valence-electron chi connectivity index (χ3n) is 5.93. The molecule has 0 aliphatic rings. The van der Waals surface area contributed by atoms with Crippen molar-refractivity contribution < 1.29 is 4.79 Å². The van der Waals surface area contributed by atoms with Crippen LogP contribution in [0.5, 0.6) is 0 Å². The highest BCUT2D eigenvalue weighted by molar-refractivity contribution is 6.32. The molecule has 4 rings (SSSR count). The Hall–Kier alpha value is -4.28. The summed E-state index contributed by atoms with van der Waals surface area (Å²) < 4.78 is 4.16. The van der Waals surface area contributed by atoms with E-state index in [4.69, 9.17) is 11.6 Å². The molecule has 0 bridgehead atoms. The third kappa shape index (κ3) is 6.49. The van der Waals surface area contributed by atoms with Gasteiger partial charge in [0.1, 0.15) is 10.8 Å². The molecular weight excluding hydrogens is 488 g/mol. The number of halogens is 1. The number of aromatic nitrogens is 3. The minimum Gasteiger partial charge on any atom is -0.350 e. The highest BCUT2D eigenvalue weighted by Gasteiger charge is 2.17. The summed E-state index contributed by atoms with van der Waals surface area (Å²) in [4.78, 5) is 38.0. The average Bonchev–Trinajstić information content (AvgIpc) is 3.40. The number of rotatable bonds is 7. The van der Waals surface area contributed by atoms with Crippen LogP contribution in [0.4, 0.5) is 5.69 Å². The van der Waals surface area contributed by atoms with E-state index < -0.39 is 11.2 Å². The van der Waals surface area contributed by atoms with E-state index in [1.54, 1.807) is 0 Å². The van der Waals surface area contributed by atoms with Gasteiger partial charge in [-0.25, -0.2) is 4.79 Å². The molecule has 2 aromatic carbocycles. The van der Waals surface area contributed by atoms with Crippen molar-refractivity contribution in [2.45, 2.75) is 32.9 Å². The zero-order valence-electron chi connectivity index (χ0n) is 20.7. The summed E-state index contributed by atoms with van der Waals surface area (Å²) in [5.41, 5.74) is 2.63. The van der Waals surface area contributed by atoms with Crippen LogP contribution >= 0.6 is 11.6 Å². The number of carbonyl (C=O) groups excluding carboxylic acids is 1. The minimum absolute atomic E-state index is 0.0418. The number of carbonyl (C=O) groups is 1. The van der Waals surface area contributed by atoms with Crippen LogP contribution in [0.1, 0.15) is 28.7 Å². The number of amides is 1. The first kappa shape index (κ1) is 25.8. The van der Waals surface area contributed by atoms with Crippen LogP contribution in [0.2, 0.25) is 5.15 Å². The van der Waals surface area contributed by atoms with Crippen LogP contribution in [0.3, 0.4) is 0 Å². The van der Waals surface area contributed by atoms with Crippen molar-refractivity contribution >= 4 is 23.2 Å². The second-order valence-corrected chi connectivity index (χ2v) is 9.15. The van der Waals surface area contributed by atoms with E-state index in [0.717, 1.165) is 33.4 Å². The van der Waals surface area contributed by atoms with Gasteiger partial charge in [0.05, 0.1) is 6.54 Å². The van der Waals surface area contributed by atoms with Gasteiger partial charge in [-0.2, -0.15) is 0 Å². The molecule has 0 atom stereocenters. The van der Waals surface area contributed by atoms with Gasteiger partial charge >= 0.3 is 5.69 Å². The van der Waals surface area contributed by atoms with Crippen molar-refractivity contribution in [3.8, 4) is 11.8 Å². The number of aryl methyl sites for hydroxylation is 2. The molecule has 8 heteroatoms. The van der Waals surface area contributed by atoms with E-state index in [0.29, 0.717) is 6.42 Å². The molecule has 2 heterocycles. The van der Waals surface area contributed by atoms with Crippen LogP contribution in [0, 0.1) is 18.8 Å². The van der Waals surface area contributed by atoms with Crippen LogP contribution in [-0.2, 0) is 31.4 Å². The third-order valence-corrected chi connectivity index (χ3v) is 6.33. The Morgan fingerprint density at radius 3 is 2.46 bits per heavy atom. The summed E-state index contributed by atoms with van der Waals surface area (Å²) >= 11 is 6.42. The summed E-state index contributed by atoms with van der Waals surface area (Å²) in [7, 11) is 1.34. The number of hydrogen-bond acceptors (Lipinski definition) is 3. The number of hydrogen-bond donors (Lipinski definition) is 1. The summed E-state index contributed by atoms with van der Waals surface area (Å²) in [6.45, 7) is 2.68. The highest BCUT2D eigenvalue weighted by Crippen LogP contribution is 2.16. The molecule has 0 unspecified atom stereocenters. The summed E-state index contributed by atoms with van der Waals surface area (Å²) in [5.74, 6) is 5.64. The van der Waals surface area contributed by atoms with Gasteiger partial charge in [0.2, 0.25) is 5.91 Å². The minimum atomic E-state index is -0.666. The molecule has 1 N–H and O–H groups in total. The topological polar surface area (TPSA) is 78.0 Å². The molecule has 37 heavy (non-hydrogen) atoms. The van der Waals surface area contributed by atoms with E-state index in [9.17, 15) is 14.4 Å². The molecule has 7 nitrogen and oxygen atoms in total. The fourth-order valence-corrected chi connectivity index (χ4v) is 4.11. The number of benzene rings is 2. The van der Waals surface area contributed by atoms with Crippen LogP contribution < -0.4 is 16.6 Å². The predicted octanol–water partition coefficient (Wildman–Crippen LogP) is 3.98. The Kier molecular flexibility index (Phi) is 8.11. The number of nitrogens with one attached hydrogen (secondary N) is 1. The zero-order chi connectivity index (χ0) is 26.4. The molecule has 188 valence electrons. The first-order valence-corrected chi connectivity index (χ1v) is 12.2. The normalized spacial score (nSPS) is 10.6. The van der Waals surface area contributed by atoms with Gasteiger partial charge in [-0.3, -0.25) is 18.7 Å². The van der Waals surface area contributed by atoms with Crippen LogP contribution in [0.15, 0.2) is 82.6 Å². The van der Waals surface area contributed by atoms with E-state index >= 15 is 0 Å². The Morgan fingerprint density at radius 1 is 1.00 bits per heavy atom. The van der Waals surface area contributed by atoms with Crippen LogP contribution in [-0.4, -0.2) is 19.6 Å². The smallest absolute Gasteiger partial charge is 0.332 e. The molecule has 0 fully saturated rings. The van der Waals surface area contributed by atoms with Gasteiger partial charge < -0.3 is 9.88 Å². The summed E-state index contributed by atoms with van der Waals surface area (Å²) in [6.07, 6.45) is 4.66. The maximum absolute atomic E-state index is 12.7. The SMILES string of the molecule is Cc1ccc(CCC(=O)Nc2c(Cl)n(CC#Cc3cccc(Cn4cccc4)c3)c(=O)n(C)c2=O)cc1. The van der Waals surface area contributed by atoms with Crippen molar-refractivity contribution in [2.75, 3.05) is 5.32 Å². The number of nitrogens with zero attached hydrogens (tertiary/aromatic N) is 3. The summed E-state index contributed by atoms with van der Waals surface area (Å²) in [6, 6.07) is 19.6. The lowest BCUT2D eigenvalue weighted by Crippen LogP contribution is -2.40. The Balaban J connectivity index is 1.49. The Bertz CT molecular complexity index is 1590. The standard InChI is InChI=1S/C29H27ClN4O3/c1-21-10-12-22(13-11-21)14-15-25(35)31-26-27(30)34(29(37)32(2)28(26)36)18-6-9-23-7-5-8-24(19-23)20-33-16-3-4-17-33/h3-5,7-8,10-13,16-17,19H,14-15,18,20H2,1-2H3,(H,31,35). The largest absolute Gasteiger partial charge is 0.350 e. The molecule has 0 saturated carbocycles. The van der Waals surface area contributed by atoms with E-state index in [1.165, 1.54) is 11.6 Å². The maximum Gasteiger partial charge on any atom is 0.332 e. The first-order valence-electron chi connectivity index (χ1n) is 11.8. The van der Waals surface area contributed by atoms with Gasteiger partial charge in [-0.05, 0) is 48.7 Å². The fraction of sp³-hybridized carbons (Fsp3) is 0.207. The van der Waals surface area contributed by atoms with E-state index in [2.05, 4.69) is 21.7 Å².